The van der Waals surface area contributed by atoms with Gasteiger partial charge in [-0.2, -0.15) is 5.26 Å². The third kappa shape index (κ3) is 3.94. The van der Waals surface area contributed by atoms with E-state index >= 15 is 0 Å². The fourth-order valence-electron chi connectivity index (χ4n) is 3.38. The monoisotopic (exact) mass is 359 g/mol. The lowest BCUT2D eigenvalue weighted by Crippen LogP contribution is -2.43. The quantitative estimate of drug-likeness (QED) is 0.774. The predicted molar refractivity (Wildman–Crippen MR) is 93.9 cm³/mol. The molecule has 1 atom stereocenters. The Morgan fingerprint density at radius 2 is 2.19 bits per heavy atom. The number of hydrogen-bond donors (Lipinski definition) is 1. The van der Waals surface area contributed by atoms with Crippen LogP contribution in [0.15, 0.2) is 24.3 Å². The number of halogens is 1. The standard InChI is InChI=1S/C18H22FN5O2/c19-14-3-1-4-15(11-14)24-10-9-22(18(24)26)8-6-21-13-17(25)23-7-2-5-16(23)12-20/h1,3-4,11,16,21H,2,5-10,13H2/t16-/m0/s1. The maximum absolute atomic E-state index is 13.3. The van der Waals surface area contributed by atoms with Gasteiger partial charge in [0.1, 0.15) is 11.9 Å². The third-order valence-corrected chi connectivity index (χ3v) is 4.77. The van der Waals surface area contributed by atoms with Gasteiger partial charge in [-0.15, -0.1) is 0 Å². The average Bonchev–Trinajstić information content (AvgIpc) is 3.25. The number of hydrogen-bond acceptors (Lipinski definition) is 4. The van der Waals surface area contributed by atoms with E-state index in [0.29, 0.717) is 38.4 Å². The number of amides is 3. The number of nitriles is 1. The van der Waals surface area contributed by atoms with Crippen molar-refractivity contribution in [1.82, 2.24) is 15.1 Å². The molecule has 0 saturated carbocycles. The van der Waals surface area contributed by atoms with Crippen molar-refractivity contribution in [2.45, 2.75) is 18.9 Å². The highest BCUT2D eigenvalue weighted by Gasteiger charge is 2.30. The highest BCUT2D eigenvalue weighted by molar-refractivity contribution is 5.94. The zero-order chi connectivity index (χ0) is 18.5. The Morgan fingerprint density at radius 3 is 2.96 bits per heavy atom. The summed E-state index contributed by atoms with van der Waals surface area (Å²) < 4.78 is 13.3. The summed E-state index contributed by atoms with van der Waals surface area (Å²) in [5.74, 6) is -0.449. The first kappa shape index (κ1) is 18.1. The molecule has 2 heterocycles. The summed E-state index contributed by atoms with van der Waals surface area (Å²) in [6.07, 6.45) is 1.60. The maximum atomic E-state index is 13.3. The molecule has 2 saturated heterocycles. The number of urea groups is 1. The van der Waals surface area contributed by atoms with Crippen molar-refractivity contribution in [3.63, 3.8) is 0 Å². The van der Waals surface area contributed by atoms with Crippen LogP contribution in [0.2, 0.25) is 0 Å². The molecule has 8 heteroatoms. The van der Waals surface area contributed by atoms with E-state index in [-0.39, 0.29) is 30.3 Å². The van der Waals surface area contributed by atoms with Gasteiger partial charge in [-0.3, -0.25) is 9.69 Å². The second kappa shape index (κ2) is 8.15. The molecule has 0 spiro atoms. The molecular weight excluding hydrogens is 337 g/mol. The van der Waals surface area contributed by atoms with Crippen LogP contribution in [-0.2, 0) is 4.79 Å². The van der Waals surface area contributed by atoms with Crippen LogP contribution in [-0.4, -0.2) is 67.0 Å². The van der Waals surface area contributed by atoms with Crippen molar-refractivity contribution in [3.8, 4) is 6.07 Å². The molecule has 3 rings (SSSR count). The molecule has 2 fully saturated rings. The molecule has 1 aromatic rings. The van der Waals surface area contributed by atoms with Crippen LogP contribution >= 0.6 is 0 Å². The molecule has 138 valence electrons. The van der Waals surface area contributed by atoms with Crippen LogP contribution in [0.5, 0.6) is 0 Å². The minimum Gasteiger partial charge on any atom is -0.326 e. The van der Waals surface area contributed by atoms with Crippen molar-refractivity contribution in [1.29, 1.82) is 5.26 Å². The van der Waals surface area contributed by atoms with Crippen LogP contribution < -0.4 is 10.2 Å². The second-order valence-electron chi connectivity index (χ2n) is 6.45. The van der Waals surface area contributed by atoms with Gasteiger partial charge < -0.3 is 15.1 Å². The lowest BCUT2D eigenvalue weighted by molar-refractivity contribution is -0.130. The molecule has 0 bridgehead atoms. The number of nitrogens with one attached hydrogen (secondary N) is 1. The van der Waals surface area contributed by atoms with Gasteiger partial charge in [0.25, 0.3) is 0 Å². The number of nitrogens with zero attached hydrogens (tertiary/aromatic N) is 4. The van der Waals surface area contributed by atoms with Crippen LogP contribution in [0.25, 0.3) is 0 Å². The topological polar surface area (TPSA) is 79.7 Å². The van der Waals surface area contributed by atoms with Gasteiger partial charge in [-0.05, 0) is 31.0 Å². The Bertz CT molecular complexity index is 720. The molecule has 0 aliphatic carbocycles. The summed E-state index contributed by atoms with van der Waals surface area (Å²) in [5.41, 5.74) is 0.553. The number of benzene rings is 1. The van der Waals surface area contributed by atoms with E-state index in [4.69, 9.17) is 5.26 Å². The molecule has 1 N–H and O–H groups in total. The molecule has 2 aliphatic heterocycles. The molecule has 0 unspecified atom stereocenters. The molecule has 7 nitrogen and oxygen atoms in total. The number of carbonyl (C=O) groups excluding carboxylic acids is 2. The normalized spacial score (nSPS) is 19.9. The fraction of sp³-hybridized carbons (Fsp3) is 0.500. The Kier molecular flexibility index (Phi) is 5.68. The summed E-state index contributed by atoms with van der Waals surface area (Å²) in [4.78, 5) is 29.4. The first-order valence-corrected chi connectivity index (χ1v) is 8.82. The largest absolute Gasteiger partial charge is 0.326 e. The van der Waals surface area contributed by atoms with Gasteiger partial charge in [-0.1, -0.05) is 6.07 Å². The SMILES string of the molecule is N#C[C@@H]1CCCN1C(=O)CNCCN1CCN(c2cccc(F)c2)C1=O. The lowest BCUT2D eigenvalue weighted by Gasteiger charge is -2.21. The molecule has 3 amide bonds. The number of likely N-dealkylation sites (tertiary alicyclic amines) is 1. The maximum Gasteiger partial charge on any atom is 0.324 e. The van der Waals surface area contributed by atoms with Gasteiger partial charge in [0.2, 0.25) is 5.91 Å². The summed E-state index contributed by atoms with van der Waals surface area (Å²) in [5, 5.41) is 12.1. The predicted octanol–water partition coefficient (Wildman–Crippen LogP) is 1.17. The molecule has 1 aromatic carbocycles. The number of rotatable bonds is 6. The summed E-state index contributed by atoms with van der Waals surface area (Å²) in [6, 6.07) is 7.67. The minimum atomic E-state index is -0.369. The first-order valence-electron chi connectivity index (χ1n) is 8.82. The van der Waals surface area contributed by atoms with Gasteiger partial charge in [0.05, 0.1) is 12.6 Å². The van der Waals surface area contributed by atoms with E-state index in [9.17, 15) is 14.0 Å². The first-order chi connectivity index (χ1) is 12.6. The Balaban J connectivity index is 1.42. The highest BCUT2D eigenvalue weighted by Crippen LogP contribution is 2.20. The van der Waals surface area contributed by atoms with Gasteiger partial charge >= 0.3 is 6.03 Å². The van der Waals surface area contributed by atoms with Crippen LogP contribution in [0.3, 0.4) is 0 Å². The summed E-state index contributed by atoms with van der Waals surface area (Å²) in [7, 11) is 0. The molecular formula is C18H22FN5O2. The Morgan fingerprint density at radius 1 is 1.35 bits per heavy atom. The molecule has 0 radical (unpaired) electrons. The van der Waals surface area contributed by atoms with Crippen molar-refractivity contribution in [2.24, 2.45) is 0 Å². The van der Waals surface area contributed by atoms with Gasteiger partial charge in [-0.25, -0.2) is 9.18 Å². The molecule has 2 aliphatic rings. The lowest BCUT2D eigenvalue weighted by atomic mass is 10.2. The van der Waals surface area contributed by atoms with Crippen molar-refractivity contribution in [2.75, 3.05) is 44.2 Å². The summed E-state index contributed by atoms with van der Waals surface area (Å²) >= 11 is 0. The fourth-order valence-corrected chi connectivity index (χ4v) is 3.38. The van der Waals surface area contributed by atoms with Gasteiger partial charge in [0, 0.05) is 38.4 Å². The van der Waals surface area contributed by atoms with Crippen LogP contribution in [0.1, 0.15) is 12.8 Å². The number of carbonyl (C=O) groups is 2. The third-order valence-electron chi connectivity index (χ3n) is 4.77. The second-order valence-corrected chi connectivity index (χ2v) is 6.45. The van der Waals surface area contributed by atoms with E-state index in [1.807, 2.05) is 0 Å². The van der Waals surface area contributed by atoms with Crippen LogP contribution in [0.4, 0.5) is 14.9 Å². The van der Waals surface area contributed by atoms with Crippen molar-refractivity contribution >= 4 is 17.6 Å². The van der Waals surface area contributed by atoms with E-state index in [2.05, 4.69) is 11.4 Å². The molecule has 0 aromatic heterocycles. The van der Waals surface area contributed by atoms with E-state index in [0.717, 1.165) is 12.8 Å². The highest BCUT2D eigenvalue weighted by atomic mass is 19.1. The van der Waals surface area contributed by atoms with Crippen molar-refractivity contribution in [3.05, 3.63) is 30.1 Å². The van der Waals surface area contributed by atoms with Crippen molar-refractivity contribution < 1.29 is 14.0 Å². The zero-order valence-electron chi connectivity index (χ0n) is 14.5. The number of anilines is 1. The Hall–Kier alpha value is -2.66. The van der Waals surface area contributed by atoms with Gasteiger partial charge in [0.15, 0.2) is 0 Å². The smallest absolute Gasteiger partial charge is 0.324 e. The molecule has 26 heavy (non-hydrogen) atoms. The summed E-state index contributed by atoms with van der Waals surface area (Å²) in [6.45, 7) is 2.82. The zero-order valence-corrected chi connectivity index (χ0v) is 14.5. The van der Waals surface area contributed by atoms with E-state index in [1.54, 1.807) is 26.8 Å². The van der Waals surface area contributed by atoms with E-state index < -0.39 is 0 Å². The van der Waals surface area contributed by atoms with E-state index in [1.165, 1.54) is 12.1 Å². The Labute approximate surface area is 152 Å². The minimum absolute atomic E-state index is 0.0804. The average molecular weight is 359 g/mol. The van der Waals surface area contributed by atoms with Crippen LogP contribution in [0, 0.1) is 17.1 Å².